The number of thioether (sulfide) groups is 1. The van der Waals surface area contributed by atoms with Gasteiger partial charge in [0.25, 0.3) is 5.91 Å². The maximum Gasteiger partial charge on any atom is 0.250 e. The molecule has 178 valence electrons. The molecule has 0 bridgehead atoms. The minimum Gasteiger partial charge on any atom is -0.497 e. The largest absolute Gasteiger partial charge is 0.497 e. The van der Waals surface area contributed by atoms with Crippen LogP contribution in [0.5, 0.6) is 5.75 Å². The number of carbonyl (C=O) groups excluding carboxylic acids is 1. The van der Waals surface area contributed by atoms with Gasteiger partial charge in [-0.25, -0.2) is 5.43 Å². The molecule has 7 nitrogen and oxygen atoms in total. The van der Waals surface area contributed by atoms with Gasteiger partial charge in [-0.05, 0) is 62.7 Å². The molecular weight excluding hydrogens is 458 g/mol. The molecule has 35 heavy (non-hydrogen) atoms. The maximum atomic E-state index is 12.5. The van der Waals surface area contributed by atoms with E-state index in [1.165, 1.54) is 17.3 Å². The van der Waals surface area contributed by atoms with Gasteiger partial charge in [-0.3, -0.25) is 9.36 Å². The molecule has 1 N–H and O–H groups in total. The maximum absolute atomic E-state index is 12.5. The topological polar surface area (TPSA) is 81.4 Å². The third-order valence-electron chi connectivity index (χ3n) is 5.42. The van der Waals surface area contributed by atoms with Crippen molar-refractivity contribution in [2.75, 3.05) is 12.9 Å². The highest BCUT2D eigenvalue weighted by atomic mass is 32.2. The number of aromatic nitrogens is 3. The fourth-order valence-electron chi connectivity index (χ4n) is 3.38. The molecule has 0 atom stereocenters. The lowest BCUT2D eigenvalue weighted by atomic mass is 10.1. The molecule has 0 spiro atoms. The Hall–Kier alpha value is -3.91. The lowest BCUT2D eigenvalue weighted by Gasteiger charge is -2.11. The molecule has 4 aromatic rings. The van der Waals surface area contributed by atoms with Crippen LogP contribution in [0.25, 0.3) is 17.1 Å². The van der Waals surface area contributed by atoms with Crippen molar-refractivity contribution in [3.8, 4) is 22.8 Å². The predicted molar refractivity (Wildman–Crippen MR) is 140 cm³/mol. The molecule has 0 unspecified atom stereocenters. The summed E-state index contributed by atoms with van der Waals surface area (Å²) in [4.78, 5) is 12.5. The molecule has 0 radical (unpaired) electrons. The van der Waals surface area contributed by atoms with Crippen LogP contribution >= 0.6 is 11.8 Å². The first-order valence-electron chi connectivity index (χ1n) is 11.1. The van der Waals surface area contributed by atoms with Gasteiger partial charge in [-0.1, -0.05) is 59.3 Å². The van der Waals surface area contributed by atoms with Crippen molar-refractivity contribution < 1.29 is 9.53 Å². The van der Waals surface area contributed by atoms with E-state index in [0.717, 1.165) is 34.0 Å². The van der Waals surface area contributed by atoms with E-state index in [1.807, 2.05) is 98.1 Å². The van der Waals surface area contributed by atoms with Gasteiger partial charge >= 0.3 is 0 Å². The second-order valence-corrected chi connectivity index (χ2v) is 9.04. The van der Waals surface area contributed by atoms with Crippen molar-refractivity contribution >= 4 is 23.4 Å². The van der Waals surface area contributed by atoms with Crippen LogP contribution < -0.4 is 10.2 Å². The number of hydrogen-bond acceptors (Lipinski definition) is 6. The molecule has 4 rings (SSSR count). The van der Waals surface area contributed by atoms with Crippen LogP contribution in [0.15, 0.2) is 83.1 Å². The van der Waals surface area contributed by atoms with Gasteiger partial charge < -0.3 is 4.74 Å². The Balaban J connectivity index is 1.51. The van der Waals surface area contributed by atoms with Gasteiger partial charge in [0.1, 0.15) is 5.75 Å². The van der Waals surface area contributed by atoms with E-state index in [9.17, 15) is 4.79 Å². The minimum absolute atomic E-state index is 0.150. The average Bonchev–Trinajstić information content (AvgIpc) is 3.31. The summed E-state index contributed by atoms with van der Waals surface area (Å²) in [5, 5.41) is 13.7. The number of nitrogens with one attached hydrogen (secondary N) is 1. The molecule has 0 saturated heterocycles. The molecular formula is C27H27N5O2S. The highest BCUT2D eigenvalue weighted by molar-refractivity contribution is 7.99. The zero-order chi connectivity index (χ0) is 24.8. The van der Waals surface area contributed by atoms with E-state index >= 15 is 0 Å². The molecule has 1 amide bonds. The molecule has 3 aromatic carbocycles. The highest BCUT2D eigenvalue weighted by Crippen LogP contribution is 2.28. The van der Waals surface area contributed by atoms with E-state index in [2.05, 4.69) is 20.7 Å². The Kier molecular flexibility index (Phi) is 7.62. The summed E-state index contributed by atoms with van der Waals surface area (Å²) in [6, 6.07) is 23.8. The van der Waals surface area contributed by atoms with E-state index in [4.69, 9.17) is 4.74 Å². The number of rotatable bonds is 8. The smallest absolute Gasteiger partial charge is 0.250 e. The van der Waals surface area contributed by atoms with Crippen molar-refractivity contribution in [3.05, 3.63) is 89.5 Å². The van der Waals surface area contributed by atoms with E-state index in [0.29, 0.717) is 10.9 Å². The van der Waals surface area contributed by atoms with Gasteiger partial charge in [0, 0.05) is 11.3 Å². The summed E-state index contributed by atoms with van der Waals surface area (Å²) in [7, 11) is 1.62. The predicted octanol–water partition coefficient (Wildman–Crippen LogP) is 5.19. The number of carbonyl (C=O) groups is 1. The molecule has 0 saturated carbocycles. The fourth-order valence-corrected chi connectivity index (χ4v) is 4.13. The quantitative estimate of drug-likeness (QED) is 0.211. The van der Waals surface area contributed by atoms with Gasteiger partial charge in [-0.15, -0.1) is 10.2 Å². The first-order valence-corrected chi connectivity index (χ1v) is 12.1. The number of amides is 1. The zero-order valence-electron chi connectivity index (χ0n) is 20.1. The first-order chi connectivity index (χ1) is 16.9. The van der Waals surface area contributed by atoms with Crippen LogP contribution in [-0.2, 0) is 4.79 Å². The molecule has 0 fully saturated rings. The number of hydrogen-bond donors (Lipinski definition) is 1. The lowest BCUT2D eigenvalue weighted by molar-refractivity contribution is -0.118. The summed E-state index contributed by atoms with van der Waals surface area (Å²) in [5.74, 6) is 1.42. The molecule has 8 heteroatoms. The van der Waals surface area contributed by atoms with Gasteiger partial charge in [0.2, 0.25) is 0 Å². The number of methoxy groups -OCH3 is 1. The summed E-state index contributed by atoms with van der Waals surface area (Å²) in [6.07, 6.45) is 0. The van der Waals surface area contributed by atoms with Crippen LogP contribution in [0.4, 0.5) is 0 Å². The standard InChI is InChI=1S/C27H27N5O2S/c1-18-5-9-22(10-6-18)26-30-31-27(32(26)23-13-7-19(2)8-14-23)35-17-25(33)29-28-20(3)21-11-15-24(34-4)16-12-21/h5-16H,17H2,1-4H3,(H,29,33)/b28-20+. The Labute approximate surface area is 209 Å². The first kappa shape index (κ1) is 24.2. The summed E-state index contributed by atoms with van der Waals surface area (Å²) < 4.78 is 7.16. The molecule has 1 aromatic heterocycles. The van der Waals surface area contributed by atoms with Crippen molar-refractivity contribution in [2.45, 2.75) is 25.9 Å². The number of nitrogens with zero attached hydrogens (tertiary/aromatic N) is 4. The Morgan fingerprint density at radius 3 is 2.20 bits per heavy atom. The van der Waals surface area contributed by atoms with Gasteiger partial charge in [0.05, 0.1) is 18.6 Å². The Bertz CT molecular complexity index is 1330. The average molecular weight is 486 g/mol. The number of hydrazone groups is 1. The molecule has 0 aliphatic carbocycles. The number of ether oxygens (including phenoxy) is 1. The van der Waals surface area contributed by atoms with Crippen LogP contribution in [-0.4, -0.2) is 39.2 Å². The summed E-state index contributed by atoms with van der Waals surface area (Å²) >= 11 is 1.32. The minimum atomic E-state index is -0.224. The van der Waals surface area contributed by atoms with E-state index in [-0.39, 0.29) is 11.7 Å². The lowest BCUT2D eigenvalue weighted by Crippen LogP contribution is -2.21. The van der Waals surface area contributed by atoms with Crippen LogP contribution in [0.2, 0.25) is 0 Å². The molecule has 0 aliphatic heterocycles. The number of benzene rings is 3. The molecule has 0 aliphatic rings. The van der Waals surface area contributed by atoms with Crippen molar-refractivity contribution in [3.63, 3.8) is 0 Å². The zero-order valence-corrected chi connectivity index (χ0v) is 21.0. The third kappa shape index (κ3) is 5.96. The monoisotopic (exact) mass is 485 g/mol. The second-order valence-electron chi connectivity index (χ2n) is 8.09. The van der Waals surface area contributed by atoms with Crippen LogP contribution in [0, 0.1) is 13.8 Å². The van der Waals surface area contributed by atoms with Crippen LogP contribution in [0.1, 0.15) is 23.6 Å². The SMILES string of the molecule is COc1ccc(/C(C)=N/NC(=O)CSc2nnc(-c3ccc(C)cc3)n2-c2ccc(C)cc2)cc1. The number of aryl methyl sites for hydroxylation is 2. The highest BCUT2D eigenvalue weighted by Gasteiger charge is 2.17. The fraction of sp³-hybridized carbons (Fsp3) is 0.185. The van der Waals surface area contributed by atoms with Gasteiger partial charge in [0.15, 0.2) is 11.0 Å². The summed E-state index contributed by atoms with van der Waals surface area (Å²) in [6.45, 7) is 5.94. The van der Waals surface area contributed by atoms with Crippen LogP contribution in [0.3, 0.4) is 0 Å². The normalized spacial score (nSPS) is 11.4. The Morgan fingerprint density at radius 2 is 1.57 bits per heavy atom. The third-order valence-corrected chi connectivity index (χ3v) is 6.35. The van der Waals surface area contributed by atoms with E-state index < -0.39 is 0 Å². The second kappa shape index (κ2) is 11.0. The van der Waals surface area contributed by atoms with Crippen molar-refractivity contribution in [2.24, 2.45) is 5.10 Å². The summed E-state index contributed by atoms with van der Waals surface area (Å²) in [5.41, 5.74) is 8.47. The van der Waals surface area contributed by atoms with Gasteiger partial charge in [-0.2, -0.15) is 5.10 Å². The van der Waals surface area contributed by atoms with E-state index in [1.54, 1.807) is 7.11 Å². The van der Waals surface area contributed by atoms with Crippen molar-refractivity contribution in [1.29, 1.82) is 0 Å². The Morgan fingerprint density at radius 1 is 0.943 bits per heavy atom. The van der Waals surface area contributed by atoms with Crippen molar-refractivity contribution in [1.82, 2.24) is 20.2 Å². The molecule has 1 heterocycles.